The smallest absolute Gasteiger partial charge is 0.242 e. The molecule has 4 nitrogen and oxygen atoms in total. The van der Waals surface area contributed by atoms with Gasteiger partial charge in [0.25, 0.3) is 0 Å². The number of nitrogens with zero attached hydrogens (tertiary/aromatic N) is 1. The van der Waals surface area contributed by atoms with Crippen molar-refractivity contribution >= 4 is 5.91 Å². The predicted octanol–water partition coefficient (Wildman–Crippen LogP) is 0.853. The molecule has 0 aliphatic carbocycles. The molecule has 0 heterocycles. The maximum atomic E-state index is 11.9. The van der Waals surface area contributed by atoms with Crippen molar-refractivity contribution in [1.29, 1.82) is 0 Å². The van der Waals surface area contributed by atoms with E-state index in [1.54, 1.807) is 7.11 Å². The first-order chi connectivity index (χ1) is 6.90. The molecule has 0 aromatic carbocycles. The van der Waals surface area contributed by atoms with Crippen LogP contribution in [0.3, 0.4) is 0 Å². The average molecular weight is 216 g/mol. The fourth-order valence-corrected chi connectivity index (χ4v) is 1.41. The van der Waals surface area contributed by atoms with Crippen LogP contribution in [0.1, 0.15) is 27.7 Å². The van der Waals surface area contributed by atoms with Gasteiger partial charge in [-0.3, -0.25) is 4.79 Å². The minimum Gasteiger partial charge on any atom is -0.383 e. The summed E-state index contributed by atoms with van der Waals surface area (Å²) in [6.07, 6.45) is 0. The summed E-state index contributed by atoms with van der Waals surface area (Å²) in [5.41, 5.74) is 5.73. The van der Waals surface area contributed by atoms with Crippen LogP contribution >= 0.6 is 0 Å². The molecule has 2 N–H and O–H groups in total. The van der Waals surface area contributed by atoms with E-state index in [0.29, 0.717) is 5.92 Å². The van der Waals surface area contributed by atoms with E-state index in [4.69, 9.17) is 10.5 Å². The van der Waals surface area contributed by atoms with E-state index in [2.05, 4.69) is 13.8 Å². The predicted molar refractivity (Wildman–Crippen MR) is 61.5 cm³/mol. The van der Waals surface area contributed by atoms with Crippen molar-refractivity contribution in [2.75, 3.05) is 20.3 Å². The molecule has 0 aromatic rings. The fourth-order valence-electron chi connectivity index (χ4n) is 1.41. The summed E-state index contributed by atoms with van der Waals surface area (Å²) < 4.78 is 4.89. The largest absolute Gasteiger partial charge is 0.383 e. The number of methoxy groups -OCH3 is 1. The Morgan fingerprint density at radius 2 is 1.87 bits per heavy atom. The Labute approximate surface area is 92.8 Å². The van der Waals surface area contributed by atoms with Gasteiger partial charge in [-0.25, -0.2) is 0 Å². The van der Waals surface area contributed by atoms with Crippen LogP contribution in [0.25, 0.3) is 0 Å². The zero-order chi connectivity index (χ0) is 12.0. The van der Waals surface area contributed by atoms with Crippen molar-refractivity contribution in [3.8, 4) is 0 Å². The van der Waals surface area contributed by atoms with E-state index in [1.165, 1.54) is 0 Å². The number of hydrogen-bond donors (Lipinski definition) is 1. The summed E-state index contributed by atoms with van der Waals surface area (Å²) in [4.78, 5) is 13.7. The van der Waals surface area contributed by atoms with Crippen molar-refractivity contribution < 1.29 is 9.53 Å². The van der Waals surface area contributed by atoms with Crippen molar-refractivity contribution in [3.05, 3.63) is 0 Å². The molecule has 0 rings (SSSR count). The highest BCUT2D eigenvalue weighted by molar-refractivity contribution is 5.82. The molecule has 4 heteroatoms. The Morgan fingerprint density at radius 3 is 2.20 bits per heavy atom. The molecular formula is C11H24N2O2. The van der Waals surface area contributed by atoms with Crippen LogP contribution in [0, 0.1) is 5.92 Å². The van der Waals surface area contributed by atoms with E-state index in [9.17, 15) is 4.79 Å². The van der Waals surface area contributed by atoms with Crippen LogP contribution in [0.2, 0.25) is 0 Å². The van der Waals surface area contributed by atoms with Gasteiger partial charge in [0.1, 0.15) is 6.04 Å². The van der Waals surface area contributed by atoms with Crippen LogP contribution in [0.5, 0.6) is 0 Å². The second-order valence-corrected chi connectivity index (χ2v) is 4.54. The lowest BCUT2D eigenvalue weighted by molar-refractivity contribution is -0.136. The van der Waals surface area contributed by atoms with E-state index in [1.807, 2.05) is 18.7 Å². The summed E-state index contributed by atoms with van der Waals surface area (Å²) in [5.74, 6) is 0.423. The molecular weight excluding hydrogens is 192 g/mol. The molecule has 1 atom stereocenters. The lowest BCUT2D eigenvalue weighted by Gasteiger charge is -2.30. The first-order valence-corrected chi connectivity index (χ1v) is 5.45. The summed E-state index contributed by atoms with van der Waals surface area (Å²) in [6, 6.07) is -0.362. The van der Waals surface area contributed by atoms with Gasteiger partial charge >= 0.3 is 0 Å². The normalized spacial score (nSPS) is 13.3. The van der Waals surface area contributed by atoms with Crippen LogP contribution in [0.15, 0.2) is 0 Å². The number of hydrogen-bond acceptors (Lipinski definition) is 3. The zero-order valence-electron chi connectivity index (χ0n) is 10.5. The zero-order valence-corrected chi connectivity index (χ0v) is 10.5. The topological polar surface area (TPSA) is 55.6 Å². The molecule has 0 fully saturated rings. The van der Waals surface area contributed by atoms with E-state index in [0.717, 1.165) is 6.54 Å². The molecule has 0 radical (unpaired) electrons. The van der Waals surface area contributed by atoms with Gasteiger partial charge < -0.3 is 15.4 Å². The lowest BCUT2D eigenvalue weighted by atomic mass is 10.1. The van der Waals surface area contributed by atoms with Gasteiger partial charge in [0.2, 0.25) is 5.91 Å². The number of amides is 1. The Kier molecular flexibility index (Phi) is 6.52. The third-order valence-electron chi connectivity index (χ3n) is 2.13. The van der Waals surface area contributed by atoms with Gasteiger partial charge in [0, 0.05) is 19.7 Å². The Hall–Kier alpha value is -0.610. The van der Waals surface area contributed by atoms with Crippen LogP contribution in [0.4, 0.5) is 0 Å². The van der Waals surface area contributed by atoms with Crippen molar-refractivity contribution in [2.24, 2.45) is 11.7 Å². The highest BCUT2D eigenvalue weighted by Crippen LogP contribution is 2.06. The summed E-state index contributed by atoms with van der Waals surface area (Å²) in [7, 11) is 1.55. The SMILES string of the molecule is COCC(N)C(=O)N(CC(C)C)C(C)C. The summed E-state index contributed by atoms with van der Waals surface area (Å²) >= 11 is 0. The molecule has 0 saturated carbocycles. The maximum absolute atomic E-state index is 11.9. The molecule has 1 unspecified atom stereocenters. The number of rotatable bonds is 6. The van der Waals surface area contributed by atoms with Gasteiger partial charge in [-0.05, 0) is 19.8 Å². The van der Waals surface area contributed by atoms with Gasteiger partial charge in [0.15, 0.2) is 0 Å². The first-order valence-electron chi connectivity index (χ1n) is 5.45. The third-order valence-corrected chi connectivity index (χ3v) is 2.13. The lowest BCUT2D eigenvalue weighted by Crippen LogP contribution is -2.50. The Balaban J connectivity index is 4.41. The number of carbonyl (C=O) groups excluding carboxylic acids is 1. The average Bonchev–Trinajstić information content (AvgIpc) is 2.12. The van der Waals surface area contributed by atoms with Crippen LogP contribution in [-0.2, 0) is 9.53 Å². The molecule has 0 bridgehead atoms. The second kappa shape index (κ2) is 6.80. The third kappa shape index (κ3) is 5.14. The standard InChI is InChI=1S/C11H24N2O2/c1-8(2)6-13(9(3)4)11(14)10(12)7-15-5/h8-10H,6-7,12H2,1-5H3. The van der Waals surface area contributed by atoms with Crippen LogP contribution < -0.4 is 5.73 Å². The molecule has 90 valence electrons. The number of nitrogens with two attached hydrogens (primary N) is 1. The number of carbonyl (C=O) groups is 1. The molecule has 0 aliphatic heterocycles. The summed E-state index contributed by atoms with van der Waals surface area (Å²) in [6.45, 7) is 9.20. The second-order valence-electron chi connectivity index (χ2n) is 4.54. The van der Waals surface area contributed by atoms with Crippen molar-refractivity contribution in [3.63, 3.8) is 0 Å². The molecule has 1 amide bonds. The highest BCUT2D eigenvalue weighted by atomic mass is 16.5. The van der Waals surface area contributed by atoms with Crippen molar-refractivity contribution in [2.45, 2.75) is 39.8 Å². The van der Waals surface area contributed by atoms with Gasteiger partial charge in [-0.15, -0.1) is 0 Å². The Bertz CT molecular complexity index is 193. The van der Waals surface area contributed by atoms with Crippen LogP contribution in [-0.4, -0.2) is 43.2 Å². The van der Waals surface area contributed by atoms with Crippen molar-refractivity contribution in [1.82, 2.24) is 4.90 Å². The van der Waals surface area contributed by atoms with Gasteiger partial charge in [-0.1, -0.05) is 13.8 Å². The molecule has 15 heavy (non-hydrogen) atoms. The quantitative estimate of drug-likeness (QED) is 0.716. The number of ether oxygens (including phenoxy) is 1. The summed E-state index contributed by atoms with van der Waals surface area (Å²) in [5, 5.41) is 0. The molecule has 0 saturated heterocycles. The fraction of sp³-hybridized carbons (Fsp3) is 0.909. The van der Waals surface area contributed by atoms with Gasteiger partial charge in [0.05, 0.1) is 6.61 Å². The van der Waals surface area contributed by atoms with E-state index >= 15 is 0 Å². The first kappa shape index (κ1) is 14.4. The molecule has 0 aromatic heterocycles. The maximum Gasteiger partial charge on any atom is 0.242 e. The highest BCUT2D eigenvalue weighted by Gasteiger charge is 2.23. The van der Waals surface area contributed by atoms with Gasteiger partial charge in [-0.2, -0.15) is 0 Å². The Morgan fingerprint density at radius 1 is 1.33 bits per heavy atom. The molecule has 0 spiro atoms. The minimum absolute atomic E-state index is 0.0273. The van der Waals surface area contributed by atoms with E-state index in [-0.39, 0.29) is 18.6 Å². The minimum atomic E-state index is -0.545. The van der Waals surface area contributed by atoms with E-state index < -0.39 is 6.04 Å². The molecule has 0 aliphatic rings. The monoisotopic (exact) mass is 216 g/mol.